The van der Waals surface area contributed by atoms with Crippen LogP contribution in [0.2, 0.25) is 0 Å². The monoisotopic (exact) mass is 309 g/mol. The number of aromatic amines is 1. The average Bonchev–Trinajstić information content (AvgIpc) is 2.92. The van der Waals surface area contributed by atoms with Crippen molar-refractivity contribution in [3.8, 4) is 0 Å². The fourth-order valence-corrected chi connectivity index (χ4v) is 2.87. The zero-order valence-corrected chi connectivity index (χ0v) is 13.1. The number of nitrogens with zero attached hydrogens (tertiary/aromatic N) is 2. The number of nitrogen functional groups attached to an aromatic ring is 1. The molecule has 0 fully saturated rings. The Morgan fingerprint density at radius 2 is 2.19 bits per heavy atom. The van der Waals surface area contributed by atoms with Crippen molar-refractivity contribution in [2.45, 2.75) is 39.8 Å². The second kappa shape index (κ2) is 6.13. The van der Waals surface area contributed by atoms with Gasteiger partial charge in [0.25, 0.3) is 5.56 Å². The van der Waals surface area contributed by atoms with Crippen molar-refractivity contribution in [2.75, 3.05) is 11.1 Å². The minimum absolute atomic E-state index is 0.144. The average molecular weight is 309 g/mol. The van der Waals surface area contributed by atoms with E-state index in [1.54, 1.807) is 18.3 Å². The highest BCUT2D eigenvalue weighted by Gasteiger charge is 2.16. The predicted octanol–water partition coefficient (Wildman–Crippen LogP) is 1.33. The number of thiazole rings is 1. The zero-order valence-electron chi connectivity index (χ0n) is 12.3. The number of H-pyrrole nitrogens is 1. The molecule has 0 spiro atoms. The second-order valence-corrected chi connectivity index (χ2v) is 5.79. The summed E-state index contributed by atoms with van der Waals surface area (Å²) in [6.07, 6.45) is 2.76. The molecule has 2 rings (SSSR count). The van der Waals surface area contributed by atoms with E-state index in [0.717, 1.165) is 11.4 Å². The molecular weight excluding hydrogens is 290 g/mol. The summed E-state index contributed by atoms with van der Waals surface area (Å²) < 4.78 is 1.32. The SMILES string of the molecule is CCc1cnc(C(C)Nc2c(N)n(CC)c(=O)[nH]c2=O)s1. The first-order chi connectivity index (χ1) is 9.97. The van der Waals surface area contributed by atoms with E-state index in [2.05, 4.69) is 22.2 Å². The number of aryl methyl sites for hydroxylation is 1. The van der Waals surface area contributed by atoms with Crippen LogP contribution in [0.5, 0.6) is 0 Å². The smallest absolute Gasteiger partial charge is 0.330 e. The molecule has 0 saturated heterocycles. The van der Waals surface area contributed by atoms with Crippen LogP contribution in [0.15, 0.2) is 15.8 Å². The van der Waals surface area contributed by atoms with Gasteiger partial charge in [0.05, 0.1) is 6.04 Å². The van der Waals surface area contributed by atoms with E-state index in [0.29, 0.717) is 6.54 Å². The molecule has 0 bridgehead atoms. The summed E-state index contributed by atoms with van der Waals surface area (Å²) in [6.45, 7) is 6.15. The van der Waals surface area contributed by atoms with Crippen LogP contribution in [0, 0.1) is 0 Å². The van der Waals surface area contributed by atoms with E-state index in [1.165, 1.54) is 9.44 Å². The lowest BCUT2D eigenvalue weighted by atomic mass is 10.3. The van der Waals surface area contributed by atoms with Crippen molar-refractivity contribution in [3.63, 3.8) is 0 Å². The normalized spacial score (nSPS) is 12.3. The van der Waals surface area contributed by atoms with E-state index >= 15 is 0 Å². The lowest BCUT2D eigenvalue weighted by molar-refractivity contribution is 0.703. The quantitative estimate of drug-likeness (QED) is 0.772. The number of anilines is 2. The third kappa shape index (κ3) is 2.99. The van der Waals surface area contributed by atoms with E-state index in [4.69, 9.17) is 5.73 Å². The third-order valence-corrected chi connectivity index (χ3v) is 4.53. The molecule has 1 unspecified atom stereocenters. The molecule has 4 N–H and O–H groups in total. The van der Waals surface area contributed by atoms with Gasteiger partial charge in [0, 0.05) is 17.6 Å². The van der Waals surface area contributed by atoms with E-state index in [1.807, 2.05) is 13.1 Å². The molecule has 2 aromatic heterocycles. The van der Waals surface area contributed by atoms with Crippen LogP contribution in [-0.4, -0.2) is 14.5 Å². The van der Waals surface area contributed by atoms with Crippen LogP contribution >= 0.6 is 11.3 Å². The maximum atomic E-state index is 11.9. The van der Waals surface area contributed by atoms with Gasteiger partial charge < -0.3 is 11.1 Å². The predicted molar refractivity (Wildman–Crippen MR) is 84.9 cm³/mol. The zero-order chi connectivity index (χ0) is 15.6. The molecular formula is C13H19N5O2S. The maximum absolute atomic E-state index is 11.9. The van der Waals surface area contributed by atoms with Crippen LogP contribution in [0.3, 0.4) is 0 Å². The van der Waals surface area contributed by atoms with Gasteiger partial charge in [0.1, 0.15) is 16.5 Å². The van der Waals surface area contributed by atoms with Crippen molar-refractivity contribution < 1.29 is 0 Å². The van der Waals surface area contributed by atoms with E-state index in [-0.39, 0.29) is 17.5 Å². The first-order valence-corrected chi connectivity index (χ1v) is 7.63. The maximum Gasteiger partial charge on any atom is 0.330 e. The second-order valence-electron chi connectivity index (χ2n) is 4.65. The Morgan fingerprint density at radius 1 is 1.48 bits per heavy atom. The van der Waals surface area contributed by atoms with Crippen LogP contribution < -0.4 is 22.3 Å². The van der Waals surface area contributed by atoms with Gasteiger partial charge in [-0.2, -0.15) is 0 Å². The molecule has 8 heteroatoms. The summed E-state index contributed by atoms with van der Waals surface area (Å²) in [5.41, 5.74) is 5.11. The number of nitrogens with two attached hydrogens (primary N) is 1. The minimum atomic E-state index is -0.513. The Balaban J connectivity index is 2.35. The van der Waals surface area contributed by atoms with Gasteiger partial charge in [-0.05, 0) is 20.3 Å². The standard InChI is InChI=1S/C13H19N5O2S/c1-4-8-6-15-12(21-8)7(3)16-9-10(14)18(5-2)13(20)17-11(9)19/h6-7,16H,4-5,14H2,1-3H3,(H,17,19,20). The highest BCUT2D eigenvalue weighted by Crippen LogP contribution is 2.24. The molecule has 21 heavy (non-hydrogen) atoms. The Labute approximate surface area is 125 Å². The summed E-state index contributed by atoms with van der Waals surface area (Å²) in [6, 6.07) is -0.165. The van der Waals surface area contributed by atoms with Crippen LogP contribution in [0.25, 0.3) is 0 Å². The summed E-state index contributed by atoms with van der Waals surface area (Å²) >= 11 is 1.59. The number of nitrogens with one attached hydrogen (secondary N) is 2. The van der Waals surface area contributed by atoms with Crippen LogP contribution in [-0.2, 0) is 13.0 Å². The highest BCUT2D eigenvalue weighted by atomic mass is 32.1. The lowest BCUT2D eigenvalue weighted by Gasteiger charge is -2.16. The molecule has 0 aliphatic heterocycles. The Morgan fingerprint density at radius 3 is 2.76 bits per heavy atom. The van der Waals surface area contributed by atoms with Crippen molar-refractivity contribution in [1.82, 2.24) is 14.5 Å². The minimum Gasteiger partial charge on any atom is -0.383 e. The van der Waals surface area contributed by atoms with Crippen LogP contribution in [0.1, 0.15) is 36.7 Å². The molecule has 0 radical (unpaired) electrons. The molecule has 2 heterocycles. The van der Waals surface area contributed by atoms with Crippen LogP contribution in [0.4, 0.5) is 11.5 Å². The van der Waals surface area contributed by atoms with Gasteiger partial charge >= 0.3 is 5.69 Å². The highest BCUT2D eigenvalue weighted by molar-refractivity contribution is 7.11. The van der Waals surface area contributed by atoms with Gasteiger partial charge in [-0.3, -0.25) is 14.3 Å². The van der Waals surface area contributed by atoms with E-state index < -0.39 is 11.2 Å². The first-order valence-electron chi connectivity index (χ1n) is 6.81. The first kappa shape index (κ1) is 15.3. The summed E-state index contributed by atoms with van der Waals surface area (Å²) in [7, 11) is 0. The summed E-state index contributed by atoms with van der Waals surface area (Å²) in [4.78, 5) is 31.3. The number of hydrogen-bond donors (Lipinski definition) is 3. The molecule has 0 aromatic carbocycles. The summed E-state index contributed by atoms with van der Waals surface area (Å²) in [5, 5.41) is 3.93. The molecule has 2 aromatic rings. The van der Waals surface area contributed by atoms with Crippen molar-refractivity contribution >= 4 is 22.8 Å². The van der Waals surface area contributed by atoms with Crippen molar-refractivity contribution in [1.29, 1.82) is 0 Å². The fourth-order valence-electron chi connectivity index (χ4n) is 2.01. The van der Waals surface area contributed by atoms with E-state index in [9.17, 15) is 9.59 Å². The molecule has 0 amide bonds. The molecule has 114 valence electrons. The van der Waals surface area contributed by atoms with Crippen molar-refractivity contribution in [3.05, 3.63) is 36.9 Å². The molecule has 7 nitrogen and oxygen atoms in total. The fraction of sp³-hybridized carbons (Fsp3) is 0.462. The molecule has 0 aliphatic carbocycles. The largest absolute Gasteiger partial charge is 0.383 e. The number of rotatable bonds is 5. The van der Waals surface area contributed by atoms with Gasteiger partial charge in [0.2, 0.25) is 0 Å². The lowest BCUT2D eigenvalue weighted by Crippen LogP contribution is -2.34. The van der Waals surface area contributed by atoms with Gasteiger partial charge in [-0.15, -0.1) is 11.3 Å². The van der Waals surface area contributed by atoms with Crippen molar-refractivity contribution in [2.24, 2.45) is 0 Å². The molecule has 1 atom stereocenters. The van der Waals surface area contributed by atoms with Gasteiger partial charge in [-0.25, -0.2) is 9.78 Å². The summed E-state index contributed by atoms with van der Waals surface area (Å²) in [5.74, 6) is 0.144. The third-order valence-electron chi connectivity index (χ3n) is 3.21. The molecule has 0 aliphatic rings. The number of hydrogen-bond acceptors (Lipinski definition) is 6. The Kier molecular flexibility index (Phi) is 4.46. The Bertz CT molecular complexity index is 746. The van der Waals surface area contributed by atoms with Gasteiger partial charge in [-0.1, -0.05) is 6.92 Å². The topological polar surface area (TPSA) is 106 Å². The Hall–Kier alpha value is -2.09. The van der Waals surface area contributed by atoms with Gasteiger partial charge in [0.15, 0.2) is 0 Å². The molecule has 0 saturated carbocycles. The number of aromatic nitrogens is 3.